The van der Waals surface area contributed by atoms with Crippen molar-refractivity contribution >= 4 is 23.8 Å². The van der Waals surface area contributed by atoms with Crippen LogP contribution in [0.15, 0.2) is 0 Å². The van der Waals surface area contributed by atoms with Crippen LogP contribution in [0, 0.1) is 0 Å². The van der Waals surface area contributed by atoms with E-state index >= 15 is 0 Å². The van der Waals surface area contributed by atoms with E-state index in [9.17, 15) is 9.59 Å². The molecule has 0 unspecified atom stereocenters. The van der Waals surface area contributed by atoms with Crippen LogP contribution in [-0.4, -0.2) is 23.4 Å². The fourth-order valence-corrected chi connectivity index (χ4v) is 1.24. The molecule has 0 aliphatic heterocycles. The number of ether oxygens (including phenoxy) is 1. The Kier molecular flexibility index (Phi) is 7.21. The van der Waals surface area contributed by atoms with E-state index in [4.69, 9.17) is 4.74 Å². The maximum absolute atomic E-state index is 11.2. The fourth-order valence-electron chi connectivity index (χ4n) is 1.08. The summed E-state index contributed by atoms with van der Waals surface area (Å²) in [5.74, 6) is 0. The summed E-state index contributed by atoms with van der Waals surface area (Å²) >= 11 is 3.67. The first-order valence-electron chi connectivity index (χ1n) is 5.50. The molecule has 0 saturated carbocycles. The second-order valence-corrected chi connectivity index (χ2v) is 5.13. The van der Waals surface area contributed by atoms with Gasteiger partial charge in [-0.15, -0.1) is 12.6 Å². The van der Waals surface area contributed by atoms with Gasteiger partial charge in [0.05, 0.1) is 0 Å². The van der Waals surface area contributed by atoms with Crippen molar-refractivity contribution in [3.63, 3.8) is 0 Å². The summed E-state index contributed by atoms with van der Waals surface area (Å²) in [5.41, 5.74) is -0.456. The minimum absolute atomic E-state index is 0.0832. The zero-order valence-corrected chi connectivity index (χ0v) is 11.1. The Balaban J connectivity index is 3.38. The lowest BCUT2D eigenvalue weighted by atomic mass is 10.2. The second kappa shape index (κ2) is 7.54. The summed E-state index contributed by atoms with van der Waals surface area (Å²) in [5, 5.41) is 2.58. The summed E-state index contributed by atoms with van der Waals surface area (Å²) in [7, 11) is 0. The van der Waals surface area contributed by atoms with E-state index in [0.717, 1.165) is 19.3 Å². The number of carbonyl (C=O) groups is 2. The summed E-state index contributed by atoms with van der Waals surface area (Å²) in [6.07, 6.45) is 2.67. The number of nitrogens with one attached hydrogen (secondary N) is 1. The Morgan fingerprint density at radius 1 is 1.19 bits per heavy atom. The average molecular weight is 247 g/mol. The maximum Gasteiger partial charge on any atom is 0.407 e. The summed E-state index contributed by atoms with van der Waals surface area (Å²) in [6.45, 7) is 6.05. The van der Waals surface area contributed by atoms with Crippen LogP contribution >= 0.6 is 12.6 Å². The zero-order valence-electron chi connectivity index (χ0n) is 10.2. The molecule has 0 bridgehead atoms. The highest BCUT2D eigenvalue weighted by Crippen LogP contribution is 2.06. The van der Waals surface area contributed by atoms with E-state index in [2.05, 4.69) is 17.9 Å². The number of alkyl carbamates (subject to hydrolysis) is 1. The first-order chi connectivity index (χ1) is 7.31. The van der Waals surface area contributed by atoms with Crippen molar-refractivity contribution < 1.29 is 14.3 Å². The molecule has 0 spiro atoms. The molecule has 5 heteroatoms. The van der Waals surface area contributed by atoms with Crippen LogP contribution in [0.2, 0.25) is 0 Å². The number of hydrogen-bond acceptors (Lipinski definition) is 3. The largest absolute Gasteiger partial charge is 0.444 e. The Morgan fingerprint density at radius 3 is 2.31 bits per heavy atom. The second-order valence-electron chi connectivity index (χ2n) is 4.63. The summed E-state index contributed by atoms with van der Waals surface area (Å²) < 4.78 is 5.07. The van der Waals surface area contributed by atoms with Crippen LogP contribution in [0.4, 0.5) is 4.79 Å². The van der Waals surface area contributed by atoms with Gasteiger partial charge in [-0.2, -0.15) is 0 Å². The molecule has 0 rings (SSSR count). The maximum atomic E-state index is 11.2. The molecule has 0 saturated heterocycles. The number of amides is 1. The Hall–Kier alpha value is -0.710. The number of rotatable bonds is 6. The van der Waals surface area contributed by atoms with Gasteiger partial charge in [0, 0.05) is 13.0 Å². The highest BCUT2D eigenvalue weighted by atomic mass is 32.1. The predicted octanol–water partition coefficient (Wildman–Crippen LogP) is 2.53. The van der Waals surface area contributed by atoms with Crippen molar-refractivity contribution in [1.82, 2.24) is 5.32 Å². The molecule has 0 aromatic rings. The number of unbranched alkanes of at least 4 members (excludes halogenated alkanes) is 2. The summed E-state index contributed by atoms with van der Waals surface area (Å²) in [4.78, 5) is 21.7. The predicted molar refractivity (Wildman–Crippen MR) is 66.7 cm³/mol. The summed E-state index contributed by atoms with van der Waals surface area (Å²) in [6, 6.07) is 0. The lowest BCUT2D eigenvalue weighted by Gasteiger charge is -2.19. The molecule has 0 aromatic carbocycles. The van der Waals surface area contributed by atoms with Crippen molar-refractivity contribution in [2.24, 2.45) is 0 Å². The van der Waals surface area contributed by atoms with Gasteiger partial charge in [0.25, 0.3) is 0 Å². The molecule has 16 heavy (non-hydrogen) atoms. The quantitative estimate of drug-likeness (QED) is 0.560. The standard InChI is InChI=1S/C11H21NO3S/c1-11(2,3)15-10(14)12-8-6-4-5-7-9(13)16/h4-8H2,1-3H3,(H,12,14)(H,13,16). The molecular weight excluding hydrogens is 226 g/mol. The van der Waals surface area contributed by atoms with Crippen molar-refractivity contribution in [3.05, 3.63) is 0 Å². The van der Waals surface area contributed by atoms with E-state index in [-0.39, 0.29) is 5.12 Å². The molecule has 1 N–H and O–H groups in total. The van der Waals surface area contributed by atoms with Gasteiger partial charge < -0.3 is 10.1 Å². The van der Waals surface area contributed by atoms with Gasteiger partial charge in [0.1, 0.15) is 5.60 Å². The highest BCUT2D eigenvalue weighted by molar-refractivity contribution is 7.96. The molecule has 0 heterocycles. The Morgan fingerprint density at radius 2 is 1.81 bits per heavy atom. The van der Waals surface area contributed by atoms with Crippen LogP contribution in [0.25, 0.3) is 0 Å². The average Bonchev–Trinajstić information content (AvgIpc) is 2.07. The minimum atomic E-state index is -0.456. The lowest BCUT2D eigenvalue weighted by Crippen LogP contribution is -2.32. The van der Waals surface area contributed by atoms with Gasteiger partial charge in [-0.05, 0) is 33.6 Å². The van der Waals surface area contributed by atoms with Gasteiger partial charge in [0.2, 0.25) is 0 Å². The first kappa shape index (κ1) is 15.3. The van der Waals surface area contributed by atoms with Gasteiger partial charge in [-0.1, -0.05) is 6.42 Å². The molecular formula is C11H21NO3S. The fraction of sp³-hybridized carbons (Fsp3) is 0.818. The number of thiol groups is 1. The van der Waals surface area contributed by atoms with E-state index in [1.165, 1.54) is 0 Å². The van der Waals surface area contributed by atoms with Crippen molar-refractivity contribution in [1.29, 1.82) is 0 Å². The lowest BCUT2D eigenvalue weighted by molar-refractivity contribution is -0.110. The minimum Gasteiger partial charge on any atom is -0.444 e. The van der Waals surface area contributed by atoms with Crippen LogP contribution < -0.4 is 5.32 Å². The molecule has 1 amide bonds. The van der Waals surface area contributed by atoms with E-state index in [0.29, 0.717) is 13.0 Å². The van der Waals surface area contributed by atoms with Crippen molar-refractivity contribution in [2.45, 2.75) is 52.1 Å². The zero-order chi connectivity index (χ0) is 12.6. The van der Waals surface area contributed by atoms with Crippen LogP contribution in [0.5, 0.6) is 0 Å². The molecule has 0 aliphatic rings. The molecule has 94 valence electrons. The third-order valence-electron chi connectivity index (χ3n) is 1.74. The third-order valence-corrected chi connectivity index (χ3v) is 1.96. The van der Waals surface area contributed by atoms with Gasteiger partial charge >= 0.3 is 6.09 Å². The number of carbonyl (C=O) groups excluding carboxylic acids is 2. The van der Waals surface area contributed by atoms with Gasteiger partial charge in [0.15, 0.2) is 5.12 Å². The smallest absolute Gasteiger partial charge is 0.407 e. The monoisotopic (exact) mass is 247 g/mol. The molecule has 0 atom stereocenters. The van der Waals surface area contributed by atoms with Crippen molar-refractivity contribution in [2.75, 3.05) is 6.54 Å². The molecule has 0 radical (unpaired) electrons. The van der Waals surface area contributed by atoms with E-state index in [1.54, 1.807) is 0 Å². The van der Waals surface area contributed by atoms with Crippen molar-refractivity contribution in [3.8, 4) is 0 Å². The third kappa shape index (κ3) is 11.4. The van der Waals surface area contributed by atoms with Crippen LogP contribution in [0.3, 0.4) is 0 Å². The van der Waals surface area contributed by atoms with Gasteiger partial charge in [-0.3, -0.25) is 4.79 Å². The topological polar surface area (TPSA) is 55.4 Å². The van der Waals surface area contributed by atoms with Crippen LogP contribution in [0.1, 0.15) is 46.5 Å². The van der Waals surface area contributed by atoms with Gasteiger partial charge in [-0.25, -0.2) is 4.79 Å². The molecule has 0 fully saturated rings. The first-order valence-corrected chi connectivity index (χ1v) is 5.94. The SMILES string of the molecule is CC(C)(C)OC(=O)NCCCCCC(=O)S. The molecule has 0 aliphatic carbocycles. The highest BCUT2D eigenvalue weighted by Gasteiger charge is 2.15. The normalized spacial score (nSPS) is 11.0. The Bertz CT molecular complexity index is 236. The molecule has 4 nitrogen and oxygen atoms in total. The van der Waals surface area contributed by atoms with E-state index in [1.807, 2.05) is 20.8 Å². The van der Waals surface area contributed by atoms with E-state index < -0.39 is 11.7 Å². The Labute approximate surface area is 103 Å². The molecule has 0 aromatic heterocycles. The number of hydrogen-bond donors (Lipinski definition) is 2. The van der Waals surface area contributed by atoms with Crippen LogP contribution in [-0.2, 0) is 9.53 Å².